The molecule has 0 saturated heterocycles. The molecular formula is C11H12O3. The fraction of sp³-hybridized carbons (Fsp3) is 0.182. The van der Waals surface area contributed by atoms with Crippen molar-refractivity contribution in [1.29, 1.82) is 0 Å². The van der Waals surface area contributed by atoms with Gasteiger partial charge in [-0.15, -0.1) is 6.58 Å². The minimum atomic E-state index is -1.06. The Balaban J connectivity index is 3.00. The number of benzene rings is 1. The molecular weight excluding hydrogens is 180 g/mol. The number of aliphatic carboxylic acids is 1. The van der Waals surface area contributed by atoms with E-state index in [1.165, 1.54) is 6.08 Å². The Labute approximate surface area is 82.3 Å². The summed E-state index contributed by atoms with van der Waals surface area (Å²) < 4.78 is 0. The highest BCUT2D eigenvalue weighted by Crippen LogP contribution is 2.20. The van der Waals surface area contributed by atoms with Gasteiger partial charge in [-0.05, 0) is 5.56 Å². The maximum absolute atomic E-state index is 10.9. The number of carbonyl (C=O) groups is 1. The second-order valence-electron chi connectivity index (χ2n) is 2.95. The molecule has 0 heterocycles. The van der Waals surface area contributed by atoms with E-state index in [1.54, 1.807) is 30.3 Å². The first kappa shape index (κ1) is 10.5. The van der Waals surface area contributed by atoms with E-state index in [4.69, 9.17) is 5.11 Å². The standard InChI is InChI=1S/C11H12O3/c1-2-9(12)10(11(13)14)8-6-4-3-5-7-8/h2-7,9-10,12H,1H2,(H,13,14)/t9-,10-/m0/s1. The van der Waals surface area contributed by atoms with E-state index in [0.717, 1.165) is 0 Å². The van der Waals surface area contributed by atoms with E-state index in [-0.39, 0.29) is 0 Å². The van der Waals surface area contributed by atoms with Crippen LogP contribution in [-0.4, -0.2) is 22.3 Å². The predicted molar refractivity (Wildman–Crippen MR) is 53.0 cm³/mol. The number of aliphatic hydroxyl groups excluding tert-OH is 1. The van der Waals surface area contributed by atoms with Crippen LogP contribution in [0.25, 0.3) is 0 Å². The second kappa shape index (κ2) is 4.58. The van der Waals surface area contributed by atoms with Crippen LogP contribution in [0.15, 0.2) is 43.0 Å². The van der Waals surface area contributed by atoms with Crippen LogP contribution in [0.2, 0.25) is 0 Å². The zero-order valence-electron chi connectivity index (χ0n) is 7.63. The minimum Gasteiger partial charge on any atom is -0.481 e. The van der Waals surface area contributed by atoms with Crippen molar-refractivity contribution in [2.75, 3.05) is 0 Å². The first-order chi connectivity index (χ1) is 6.66. The third-order valence-electron chi connectivity index (χ3n) is 2.01. The maximum atomic E-state index is 10.9. The van der Waals surface area contributed by atoms with Crippen LogP contribution in [-0.2, 0) is 4.79 Å². The Kier molecular flexibility index (Phi) is 3.42. The lowest BCUT2D eigenvalue weighted by atomic mass is 9.94. The highest BCUT2D eigenvalue weighted by Gasteiger charge is 2.25. The molecule has 0 bridgehead atoms. The third kappa shape index (κ3) is 2.20. The van der Waals surface area contributed by atoms with Gasteiger partial charge in [-0.25, -0.2) is 0 Å². The molecule has 0 amide bonds. The molecule has 1 aromatic rings. The van der Waals surface area contributed by atoms with Gasteiger partial charge >= 0.3 is 5.97 Å². The Bertz CT molecular complexity index is 319. The molecule has 0 unspecified atom stereocenters. The van der Waals surface area contributed by atoms with Crippen LogP contribution < -0.4 is 0 Å². The van der Waals surface area contributed by atoms with Gasteiger partial charge < -0.3 is 10.2 Å². The molecule has 2 N–H and O–H groups in total. The number of carboxylic acid groups (broad SMARTS) is 1. The van der Waals surface area contributed by atoms with Gasteiger partial charge in [0.2, 0.25) is 0 Å². The molecule has 0 aliphatic heterocycles. The molecule has 3 heteroatoms. The van der Waals surface area contributed by atoms with Crippen molar-refractivity contribution in [2.24, 2.45) is 0 Å². The van der Waals surface area contributed by atoms with Crippen molar-refractivity contribution in [3.63, 3.8) is 0 Å². The van der Waals surface area contributed by atoms with Crippen LogP contribution in [0, 0.1) is 0 Å². The predicted octanol–water partition coefficient (Wildman–Crippen LogP) is 1.40. The normalized spacial score (nSPS) is 14.4. The van der Waals surface area contributed by atoms with E-state index in [9.17, 15) is 9.90 Å². The largest absolute Gasteiger partial charge is 0.481 e. The Morgan fingerprint density at radius 2 is 1.93 bits per heavy atom. The molecule has 0 aliphatic rings. The fourth-order valence-electron chi connectivity index (χ4n) is 1.28. The van der Waals surface area contributed by atoms with Gasteiger partial charge in [-0.2, -0.15) is 0 Å². The van der Waals surface area contributed by atoms with Crippen molar-refractivity contribution in [3.8, 4) is 0 Å². The van der Waals surface area contributed by atoms with E-state index in [0.29, 0.717) is 5.56 Å². The van der Waals surface area contributed by atoms with E-state index in [2.05, 4.69) is 6.58 Å². The molecule has 0 spiro atoms. The van der Waals surface area contributed by atoms with Crippen molar-refractivity contribution in [3.05, 3.63) is 48.6 Å². The van der Waals surface area contributed by atoms with Gasteiger partial charge in [0, 0.05) is 0 Å². The molecule has 3 nitrogen and oxygen atoms in total. The summed E-state index contributed by atoms with van der Waals surface area (Å²) in [6.07, 6.45) is 0.168. The van der Waals surface area contributed by atoms with Gasteiger partial charge in [0.15, 0.2) is 0 Å². The van der Waals surface area contributed by atoms with Crippen LogP contribution in [0.4, 0.5) is 0 Å². The van der Waals surface area contributed by atoms with Crippen LogP contribution in [0.3, 0.4) is 0 Å². The summed E-state index contributed by atoms with van der Waals surface area (Å²) in [5.74, 6) is -1.99. The average molecular weight is 192 g/mol. The highest BCUT2D eigenvalue weighted by molar-refractivity contribution is 5.77. The Morgan fingerprint density at radius 3 is 2.36 bits per heavy atom. The SMILES string of the molecule is C=C[C@H](O)[C@@H](C(=O)O)c1ccccc1. The molecule has 2 atom stereocenters. The van der Waals surface area contributed by atoms with Gasteiger partial charge in [0.1, 0.15) is 5.92 Å². The number of aliphatic hydroxyl groups is 1. The van der Waals surface area contributed by atoms with E-state index < -0.39 is 18.0 Å². The lowest BCUT2D eigenvalue weighted by Crippen LogP contribution is -2.24. The topological polar surface area (TPSA) is 57.5 Å². The maximum Gasteiger partial charge on any atom is 0.313 e. The van der Waals surface area contributed by atoms with Crippen molar-refractivity contribution >= 4 is 5.97 Å². The Hall–Kier alpha value is -1.61. The minimum absolute atomic E-state index is 0.576. The number of rotatable bonds is 4. The summed E-state index contributed by atoms with van der Waals surface area (Å²) in [5.41, 5.74) is 0.576. The Morgan fingerprint density at radius 1 is 1.36 bits per heavy atom. The molecule has 14 heavy (non-hydrogen) atoms. The summed E-state index contributed by atoms with van der Waals surface area (Å²) in [4.78, 5) is 10.9. The molecule has 1 aromatic carbocycles. The summed E-state index contributed by atoms with van der Waals surface area (Å²) >= 11 is 0. The van der Waals surface area contributed by atoms with Gasteiger partial charge in [-0.1, -0.05) is 36.4 Å². The van der Waals surface area contributed by atoms with Gasteiger partial charge in [-0.3, -0.25) is 4.79 Å². The average Bonchev–Trinajstić information content (AvgIpc) is 2.19. The second-order valence-corrected chi connectivity index (χ2v) is 2.95. The smallest absolute Gasteiger partial charge is 0.313 e. The zero-order valence-corrected chi connectivity index (χ0v) is 7.63. The van der Waals surface area contributed by atoms with Crippen LogP contribution >= 0.6 is 0 Å². The van der Waals surface area contributed by atoms with Crippen LogP contribution in [0.1, 0.15) is 11.5 Å². The van der Waals surface area contributed by atoms with Gasteiger partial charge in [0.05, 0.1) is 6.10 Å². The lowest BCUT2D eigenvalue weighted by Gasteiger charge is -2.15. The summed E-state index contributed by atoms with van der Waals surface area (Å²) in [6.45, 7) is 3.38. The monoisotopic (exact) mass is 192 g/mol. The van der Waals surface area contributed by atoms with E-state index >= 15 is 0 Å². The summed E-state index contributed by atoms with van der Waals surface area (Å²) in [7, 11) is 0. The zero-order chi connectivity index (χ0) is 10.6. The molecule has 0 aromatic heterocycles. The summed E-state index contributed by atoms with van der Waals surface area (Å²) in [6, 6.07) is 8.61. The first-order valence-corrected chi connectivity index (χ1v) is 4.25. The van der Waals surface area contributed by atoms with Crippen molar-refractivity contribution < 1.29 is 15.0 Å². The highest BCUT2D eigenvalue weighted by atomic mass is 16.4. The quantitative estimate of drug-likeness (QED) is 0.709. The molecule has 1 rings (SSSR count). The van der Waals surface area contributed by atoms with Gasteiger partial charge in [0.25, 0.3) is 0 Å². The first-order valence-electron chi connectivity index (χ1n) is 4.25. The molecule has 0 radical (unpaired) electrons. The summed E-state index contributed by atoms with van der Waals surface area (Å²) in [5, 5.41) is 18.4. The third-order valence-corrected chi connectivity index (χ3v) is 2.01. The lowest BCUT2D eigenvalue weighted by molar-refractivity contribution is -0.140. The number of hydrogen-bond acceptors (Lipinski definition) is 2. The van der Waals surface area contributed by atoms with E-state index in [1.807, 2.05) is 0 Å². The van der Waals surface area contributed by atoms with Crippen LogP contribution in [0.5, 0.6) is 0 Å². The number of carboxylic acids is 1. The molecule has 0 saturated carbocycles. The van der Waals surface area contributed by atoms with Crippen molar-refractivity contribution in [2.45, 2.75) is 12.0 Å². The van der Waals surface area contributed by atoms with Crippen molar-refractivity contribution in [1.82, 2.24) is 0 Å². The molecule has 0 fully saturated rings. The molecule has 74 valence electrons. The number of hydrogen-bond donors (Lipinski definition) is 2. The molecule has 0 aliphatic carbocycles. The fourth-order valence-corrected chi connectivity index (χ4v) is 1.28.